The molecule has 0 amide bonds. The summed E-state index contributed by atoms with van der Waals surface area (Å²) in [6.07, 6.45) is 0. The average Bonchev–Trinajstić information content (AvgIpc) is 2.33. The summed E-state index contributed by atoms with van der Waals surface area (Å²) in [5.74, 6) is 0. The molecule has 0 aromatic heterocycles. The highest BCUT2D eigenvalue weighted by molar-refractivity contribution is 9.10. The Bertz CT molecular complexity index is 738. The molecule has 0 unspecified atom stereocenters. The third-order valence-corrected chi connectivity index (χ3v) is 5.29. The van der Waals surface area contributed by atoms with Gasteiger partial charge in [-0.25, -0.2) is 8.42 Å². The predicted octanol–water partition coefficient (Wildman–Crippen LogP) is 3.45. The van der Waals surface area contributed by atoms with Gasteiger partial charge in [0.15, 0.2) is 0 Å². The number of rotatable bonds is 3. The summed E-state index contributed by atoms with van der Waals surface area (Å²) in [7, 11) is -3.66. The Morgan fingerprint density at radius 1 is 1.10 bits per heavy atom. The van der Waals surface area contributed by atoms with Crippen LogP contribution in [0.4, 0.5) is 11.4 Å². The van der Waals surface area contributed by atoms with E-state index in [1.807, 2.05) is 32.0 Å². The van der Waals surface area contributed by atoms with E-state index < -0.39 is 10.0 Å². The lowest BCUT2D eigenvalue weighted by molar-refractivity contribution is 0.600. The van der Waals surface area contributed by atoms with Gasteiger partial charge < -0.3 is 5.73 Å². The number of nitrogen functional groups attached to an aromatic ring is 1. The second-order valence-corrected chi connectivity index (χ2v) is 7.07. The molecule has 20 heavy (non-hydrogen) atoms. The van der Waals surface area contributed by atoms with Crippen LogP contribution >= 0.6 is 15.9 Å². The van der Waals surface area contributed by atoms with Gasteiger partial charge >= 0.3 is 0 Å². The van der Waals surface area contributed by atoms with E-state index in [0.29, 0.717) is 15.8 Å². The largest absolute Gasteiger partial charge is 0.399 e. The molecule has 0 aliphatic heterocycles. The molecular weight excluding hydrogens is 340 g/mol. The van der Waals surface area contributed by atoms with Crippen molar-refractivity contribution in [2.75, 3.05) is 10.5 Å². The molecular formula is C14H15BrN2O2S. The van der Waals surface area contributed by atoms with Gasteiger partial charge in [-0.2, -0.15) is 0 Å². The maximum Gasteiger partial charge on any atom is 0.263 e. The van der Waals surface area contributed by atoms with Crippen molar-refractivity contribution in [2.24, 2.45) is 0 Å². The SMILES string of the molecule is Cc1cccc(C)c1NS(=O)(=O)c1ccc(N)cc1Br. The molecule has 106 valence electrons. The third-order valence-electron chi connectivity index (χ3n) is 2.96. The summed E-state index contributed by atoms with van der Waals surface area (Å²) in [6, 6.07) is 10.2. The molecule has 2 rings (SSSR count). The van der Waals surface area contributed by atoms with Gasteiger partial charge in [-0.05, 0) is 59.1 Å². The molecule has 0 spiro atoms. The quantitative estimate of drug-likeness (QED) is 0.829. The summed E-state index contributed by atoms with van der Waals surface area (Å²) in [5.41, 5.74) is 8.49. The Balaban J connectivity index is 2.46. The van der Waals surface area contributed by atoms with Gasteiger partial charge in [-0.15, -0.1) is 0 Å². The smallest absolute Gasteiger partial charge is 0.263 e. The second-order valence-electron chi connectivity index (χ2n) is 4.56. The molecule has 0 bridgehead atoms. The number of para-hydroxylation sites is 1. The van der Waals surface area contributed by atoms with Crippen LogP contribution in [0.25, 0.3) is 0 Å². The standard InChI is InChI=1S/C14H15BrN2O2S/c1-9-4-3-5-10(2)14(9)17-20(18,19)13-7-6-11(16)8-12(13)15/h3-8,17H,16H2,1-2H3. The fourth-order valence-corrected chi connectivity index (χ4v) is 4.20. The minimum absolute atomic E-state index is 0.161. The summed E-state index contributed by atoms with van der Waals surface area (Å²) >= 11 is 3.23. The first-order valence-electron chi connectivity index (χ1n) is 5.95. The van der Waals surface area contributed by atoms with Crippen molar-refractivity contribution in [3.8, 4) is 0 Å². The molecule has 0 saturated carbocycles. The molecule has 0 aliphatic rings. The van der Waals surface area contributed by atoms with Crippen LogP contribution in [0.5, 0.6) is 0 Å². The number of sulfonamides is 1. The van der Waals surface area contributed by atoms with Crippen molar-refractivity contribution in [1.29, 1.82) is 0 Å². The lowest BCUT2D eigenvalue weighted by Gasteiger charge is -2.14. The van der Waals surface area contributed by atoms with E-state index in [4.69, 9.17) is 5.73 Å². The highest BCUT2D eigenvalue weighted by Gasteiger charge is 2.19. The van der Waals surface area contributed by atoms with Gasteiger partial charge in [0.05, 0.1) is 5.69 Å². The molecule has 2 aromatic carbocycles. The number of hydrogen-bond acceptors (Lipinski definition) is 3. The normalized spacial score (nSPS) is 11.3. The van der Waals surface area contributed by atoms with Crippen LogP contribution in [0.15, 0.2) is 45.8 Å². The van der Waals surface area contributed by atoms with Crippen molar-refractivity contribution in [3.63, 3.8) is 0 Å². The minimum atomic E-state index is -3.66. The summed E-state index contributed by atoms with van der Waals surface area (Å²) in [5, 5.41) is 0. The lowest BCUT2D eigenvalue weighted by atomic mass is 10.1. The third kappa shape index (κ3) is 2.96. The van der Waals surface area contributed by atoms with Crippen molar-refractivity contribution in [1.82, 2.24) is 0 Å². The van der Waals surface area contributed by atoms with Crippen LogP contribution in [0, 0.1) is 13.8 Å². The molecule has 0 heterocycles. The zero-order valence-electron chi connectivity index (χ0n) is 11.1. The van der Waals surface area contributed by atoms with Crippen LogP contribution in [-0.4, -0.2) is 8.42 Å². The van der Waals surface area contributed by atoms with Crippen molar-refractivity contribution < 1.29 is 8.42 Å². The summed E-state index contributed by atoms with van der Waals surface area (Å²) < 4.78 is 28.0. The van der Waals surface area contributed by atoms with E-state index in [2.05, 4.69) is 20.7 Å². The Morgan fingerprint density at radius 3 is 2.25 bits per heavy atom. The maximum absolute atomic E-state index is 12.5. The Kier molecular flexibility index (Phi) is 4.06. The highest BCUT2D eigenvalue weighted by Crippen LogP contribution is 2.28. The van der Waals surface area contributed by atoms with Gasteiger partial charge in [0.1, 0.15) is 4.90 Å². The van der Waals surface area contributed by atoms with E-state index in [0.717, 1.165) is 11.1 Å². The molecule has 6 heteroatoms. The van der Waals surface area contributed by atoms with Gasteiger partial charge in [-0.1, -0.05) is 18.2 Å². The number of hydrogen-bond donors (Lipinski definition) is 2. The zero-order valence-corrected chi connectivity index (χ0v) is 13.5. The Labute approximate surface area is 127 Å². The van der Waals surface area contributed by atoms with Gasteiger partial charge in [-0.3, -0.25) is 4.72 Å². The molecule has 0 atom stereocenters. The highest BCUT2D eigenvalue weighted by atomic mass is 79.9. The van der Waals surface area contributed by atoms with Crippen molar-refractivity contribution >= 4 is 37.3 Å². The first kappa shape index (κ1) is 14.9. The molecule has 4 nitrogen and oxygen atoms in total. The molecule has 0 radical (unpaired) electrons. The number of halogens is 1. The average molecular weight is 355 g/mol. The minimum Gasteiger partial charge on any atom is -0.399 e. The van der Waals surface area contributed by atoms with E-state index in [1.165, 1.54) is 6.07 Å². The fourth-order valence-electron chi connectivity index (χ4n) is 1.90. The predicted molar refractivity (Wildman–Crippen MR) is 85.3 cm³/mol. The van der Waals surface area contributed by atoms with Crippen molar-refractivity contribution in [2.45, 2.75) is 18.7 Å². The van der Waals surface area contributed by atoms with Crippen molar-refractivity contribution in [3.05, 3.63) is 52.0 Å². The van der Waals surface area contributed by atoms with Crippen LogP contribution in [0.3, 0.4) is 0 Å². The monoisotopic (exact) mass is 354 g/mol. The Hall–Kier alpha value is -1.53. The second kappa shape index (κ2) is 5.46. The van der Waals surface area contributed by atoms with Crippen LogP contribution < -0.4 is 10.5 Å². The van der Waals surface area contributed by atoms with Crippen LogP contribution in [0.2, 0.25) is 0 Å². The molecule has 0 aliphatic carbocycles. The maximum atomic E-state index is 12.5. The number of benzene rings is 2. The topological polar surface area (TPSA) is 72.2 Å². The fraction of sp³-hybridized carbons (Fsp3) is 0.143. The number of aryl methyl sites for hydroxylation is 2. The van der Waals surface area contributed by atoms with Crippen LogP contribution in [0.1, 0.15) is 11.1 Å². The summed E-state index contributed by atoms with van der Waals surface area (Å²) in [4.78, 5) is 0.161. The van der Waals surface area contributed by atoms with E-state index in [9.17, 15) is 8.42 Å². The van der Waals surface area contributed by atoms with E-state index >= 15 is 0 Å². The first-order valence-corrected chi connectivity index (χ1v) is 8.23. The van der Waals surface area contributed by atoms with Gasteiger partial charge in [0.25, 0.3) is 10.0 Å². The van der Waals surface area contributed by atoms with Gasteiger partial charge in [0.2, 0.25) is 0 Å². The summed E-state index contributed by atoms with van der Waals surface area (Å²) in [6.45, 7) is 3.73. The first-order chi connectivity index (χ1) is 9.31. The van der Waals surface area contributed by atoms with E-state index in [1.54, 1.807) is 12.1 Å². The lowest BCUT2D eigenvalue weighted by Crippen LogP contribution is -2.15. The zero-order chi connectivity index (χ0) is 14.9. The number of nitrogens with one attached hydrogen (secondary N) is 1. The van der Waals surface area contributed by atoms with Crippen LogP contribution in [-0.2, 0) is 10.0 Å². The molecule has 3 N–H and O–H groups in total. The number of nitrogens with two attached hydrogens (primary N) is 1. The molecule has 2 aromatic rings. The molecule has 0 saturated heterocycles. The number of anilines is 2. The van der Waals surface area contributed by atoms with Gasteiger partial charge in [0, 0.05) is 10.2 Å². The molecule has 0 fully saturated rings. The Morgan fingerprint density at radius 2 is 1.70 bits per heavy atom. The van der Waals surface area contributed by atoms with E-state index in [-0.39, 0.29) is 4.90 Å².